The van der Waals surface area contributed by atoms with Gasteiger partial charge in [0.1, 0.15) is 5.72 Å². The van der Waals surface area contributed by atoms with Crippen LogP contribution in [0.2, 0.25) is 0 Å². The zero-order chi connectivity index (χ0) is 6.20. The second-order valence-corrected chi connectivity index (χ2v) is 2.59. The Hall–Kier alpha value is -0.120. The third-order valence-corrected chi connectivity index (χ3v) is 1.47. The van der Waals surface area contributed by atoms with E-state index in [1.165, 1.54) is 0 Å². The van der Waals surface area contributed by atoms with E-state index in [9.17, 15) is 0 Å². The number of β-amino-alcohol motifs (C(OH)–C–C–N with tert-alkyl or cyclic N) is 1. The first-order chi connectivity index (χ1) is 3.60. The predicted octanol–water partition coefficient (Wildman–Crippen LogP) is -1.03. The summed E-state index contributed by atoms with van der Waals surface area (Å²) in [6.07, 6.45) is 0.698. The molecule has 0 spiro atoms. The molecular weight excluding hydrogens is 104 g/mol. The van der Waals surface area contributed by atoms with Crippen LogP contribution in [0.4, 0.5) is 0 Å². The monoisotopic (exact) mass is 116 g/mol. The van der Waals surface area contributed by atoms with Gasteiger partial charge in [-0.05, 0) is 7.05 Å². The van der Waals surface area contributed by atoms with Crippen LogP contribution in [0.1, 0.15) is 6.42 Å². The Bertz CT molecular complexity index is 92.4. The Labute approximate surface area is 49.1 Å². The SMILES string of the molecule is CN1CCC(N)(O)C1. The van der Waals surface area contributed by atoms with Crippen LogP contribution in [0, 0.1) is 0 Å². The van der Waals surface area contributed by atoms with Crippen molar-refractivity contribution in [3.8, 4) is 0 Å². The van der Waals surface area contributed by atoms with Gasteiger partial charge in [-0.15, -0.1) is 0 Å². The van der Waals surface area contributed by atoms with Crippen molar-refractivity contribution in [3.63, 3.8) is 0 Å². The second kappa shape index (κ2) is 1.69. The highest BCUT2D eigenvalue weighted by Crippen LogP contribution is 2.12. The van der Waals surface area contributed by atoms with Gasteiger partial charge < -0.3 is 15.7 Å². The van der Waals surface area contributed by atoms with Gasteiger partial charge in [0, 0.05) is 19.5 Å². The predicted molar refractivity (Wildman–Crippen MR) is 31.3 cm³/mol. The highest BCUT2D eigenvalue weighted by Gasteiger charge is 2.29. The largest absolute Gasteiger partial charge is 0.375 e. The molecule has 1 rings (SSSR count). The summed E-state index contributed by atoms with van der Waals surface area (Å²) in [7, 11) is 1.95. The lowest BCUT2D eigenvalue weighted by Crippen LogP contribution is -2.41. The quantitative estimate of drug-likeness (QED) is 0.398. The van der Waals surface area contributed by atoms with Crippen molar-refractivity contribution < 1.29 is 5.11 Å². The van der Waals surface area contributed by atoms with Crippen molar-refractivity contribution in [2.75, 3.05) is 20.1 Å². The number of aliphatic hydroxyl groups is 1. The molecule has 1 aliphatic heterocycles. The van der Waals surface area contributed by atoms with Crippen LogP contribution in [-0.2, 0) is 0 Å². The number of rotatable bonds is 0. The van der Waals surface area contributed by atoms with E-state index in [0.29, 0.717) is 13.0 Å². The summed E-state index contributed by atoms with van der Waals surface area (Å²) in [6.45, 7) is 1.51. The maximum absolute atomic E-state index is 9.10. The summed E-state index contributed by atoms with van der Waals surface area (Å²) in [6, 6.07) is 0. The van der Waals surface area contributed by atoms with Gasteiger partial charge in [-0.3, -0.25) is 0 Å². The Morgan fingerprint density at radius 1 is 1.75 bits per heavy atom. The molecule has 8 heavy (non-hydrogen) atoms. The zero-order valence-corrected chi connectivity index (χ0v) is 5.09. The van der Waals surface area contributed by atoms with Gasteiger partial charge in [-0.25, -0.2) is 0 Å². The molecular formula is C5H12N2O. The van der Waals surface area contributed by atoms with Crippen molar-refractivity contribution in [3.05, 3.63) is 0 Å². The molecule has 0 aromatic heterocycles. The van der Waals surface area contributed by atoms with E-state index >= 15 is 0 Å². The minimum atomic E-state index is -0.908. The van der Waals surface area contributed by atoms with Gasteiger partial charge in [0.2, 0.25) is 0 Å². The molecule has 1 heterocycles. The van der Waals surface area contributed by atoms with Crippen LogP contribution in [0.15, 0.2) is 0 Å². The lowest BCUT2D eigenvalue weighted by Gasteiger charge is -2.14. The van der Waals surface area contributed by atoms with E-state index in [4.69, 9.17) is 10.8 Å². The third-order valence-electron chi connectivity index (χ3n) is 1.47. The number of hydrogen-bond donors (Lipinski definition) is 2. The molecule has 0 saturated carbocycles. The summed E-state index contributed by atoms with van der Waals surface area (Å²) in [5.41, 5.74) is 4.47. The topological polar surface area (TPSA) is 49.5 Å². The maximum Gasteiger partial charge on any atom is 0.127 e. The minimum absolute atomic E-state index is 0.604. The van der Waals surface area contributed by atoms with E-state index in [-0.39, 0.29) is 0 Å². The van der Waals surface area contributed by atoms with Crippen LogP contribution in [0.3, 0.4) is 0 Å². The number of nitrogens with two attached hydrogens (primary N) is 1. The summed E-state index contributed by atoms with van der Waals surface area (Å²) < 4.78 is 0. The van der Waals surface area contributed by atoms with Gasteiger partial charge in [-0.1, -0.05) is 0 Å². The van der Waals surface area contributed by atoms with Gasteiger partial charge in [-0.2, -0.15) is 0 Å². The first kappa shape index (κ1) is 6.01. The Balaban J connectivity index is 2.44. The van der Waals surface area contributed by atoms with Gasteiger partial charge >= 0.3 is 0 Å². The molecule has 1 saturated heterocycles. The first-order valence-electron chi connectivity index (χ1n) is 2.80. The number of hydrogen-bond acceptors (Lipinski definition) is 3. The second-order valence-electron chi connectivity index (χ2n) is 2.59. The first-order valence-corrected chi connectivity index (χ1v) is 2.80. The maximum atomic E-state index is 9.10. The van der Waals surface area contributed by atoms with Gasteiger partial charge in [0.25, 0.3) is 0 Å². The smallest absolute Gasteiger partial charge is 0.127 e. The van der Waals surface area contributed by atoms with Crippen molar-refractivity contribution >= 4 is 0 Å². The van der Waals surface area contributed by atoms with Crippen LogP contribution >= 0.6 is 0 Å². The Morgan fingerprint density at radius 3 is 2.50 bits per heavy atom. The molecule has 3 nitrogen and oxygen atoms in total. The van der Waals surface area contributed by atoms with Crippen molar-refractivity contribution in [2.24, 2.45) is 5.73 Å². The normalized spacial score (nSPS) is 40.9. The molecule has 0 amide bonds. The molecule has 48 valence electrons. The van der Waals surface area contributed by atoms with Crippen molar-refractivity contribution in [1.29, 1.82) is 0 Å². The molecule has 0 aromatic rings. The van der Waals surface area contributed by atoms with Crippen LogP contribution in [0.5, 0.6) is 0 Å². The molecule has 1 atom stereocenters. The molecule has 3 heteroatoms. The van der Waals surface area contributed by atoms with E-state index < -0.39 is 5.72 Å². The fourth-order valence-electron chi connectivity index (χ4n) is 1.01. The zero-order valence-electron chi connectivity index (χ0n) is 5.09. The summed E-state index contributed by atoms with van der Waals surface area (Å²) in [5.74, 6) is 0. The van der Waals surface area contributed by atoms with Crippen LogP contribution in [0.25, 0.3) is 0 Å². The molecule has 1 fully saturated rings. The van der Waals surface area contributed by atoms with E-state index in [1.54, 1.807) is 0 Å². The molecule has 0 radical (unpaired) electrons. The van der Waals surface area contributed by atoms with Crippen molar-refractivity contribution in [2.45, 2.75) is 12.1 Å². The lowest BCUT2D eigenvalue weighted by atomic mass is 10.2. The summed E-state index contributed by atoms with van der Waals surface area (Å²) >= 11 is 0. The highest BCUT2D eigenvalue weighted by atomic mass is 16.3. The lowest BCUT2D eigenvalue weighted by molar-refractivity contribution is 0.0589. The van der Waals surface area contributed by atoms with Gasteiger partial charge in [0.05, 0.1) is 0 Å². The Kier molecular flexibility index (Phi) is 1.27. The van der Waals surface area contributed by atoms with Crippen molar-refractivity contribution in [1.82, 2.24) is 4.90 Å². The average Bonchev–Trinajstić information content (AvgIpc) is 1.82. The minimum Gasteiger partial charge on any atom is -0.375 e. The van der Waals surface area contributed by atoms with E-state index in [2.05, 4.69) is 0 Å². The van der Waals surface area contributed by atoms with Crippen LogP contribution < -0.4 is 5.73 Å². The molecule has 0 aliphatic carbocycles. The highest BCUT2D eigenvalue weighted by molar-refractivity contribution is 4.82. The number of likely N-dealkylation sites (tertiary alicyclic amines) is 1. The molecule has 3 N–H and O–H groups in total. The molecule has 0 aromatic carbocycles. The number of nitrogens with zero attached hydrogens (tertiary/aromatic N) is 1. The summed E-state index contributed by atoms with van der Waals surface area (Å²) in [5, 5.41) is 9.10. The molecule has 1 unspecified atom stereocenters. The third kappa shape index (κ3) is 1.18. The fourth-order valence-corrected chi connectivity index (χ4v) is 1.01. The number of likely N-dealkylation sites (N-methyl/N-ethyl adjacent to an activating group) is 1. The van der Waals surface area contributed by atoms with Gasteiger partial charge in [0.15, 0.2) is 0 Å². The average molecular weight is 116 g/mol. The van der Waals surface area contributed by atoms with Crippen LogP contribution in [-0.4, -0.2) is 35.9 Å². The van der Waals surface area contributed by atoms with E-state index in [0.717, 1.165) is 6.54 Å². The molecule has 1 aliphatic rings. The fraction of sp³-hybridized carbons (Fsp3) is 1.00. The molecule has 0 bridgehead atoms. The van der Waals surface area contributed by atoms with E-state index in [1.807, 2.05) is 11.9 Å². The summed E-state index contributed by atoms with van der Waals surface area (Å²) in [4.78, 5) is 2.01. The Morgan fingerprint density at radius 2 is 2.38 bits per heavy atom. The standard InChI is InChI=1S/C5H12N2O/c1-7-3-2-5(6,8)4-7/h8H,2-4,6H2,1H3.